The number of aromatic nitrogens is 2. The molecule has 1 aliphatic carbocycles. The van der Waals surface area contributed by atoms with Gasteiger partial charge in [0.25, 0.3) is 0 Å². The summed E-state index contributed by atoms with van der Waals surface area (Å²) in [4.78, 5) is 17.8. The van der Waals surface area contributed by atoms with E-state index in [2.05, 4.69) is 14.9 Å². The Labute approximate surface area is 198 Å². The summed E-state index contributed by atoms with van der Waals surface area (Å²) in [7, 11) is -2.66. The third-order valence-electron chi connectivity index (χ3n) is 6.14. The Morgan fingerprint density at radius 1 is 1.24 bits per heavy atom. The van der Waals surface area contributed by atoms with Gasteiger partial charge in [-0.2, -0.15) is 0 Å². The van der Waals surface area contributed by atoms with Crippen molar-refractivity contribution in [2.24, 2.45) is 0 Å². The van der Waals surface area contributed by atoms with E-state index in [0.29, 0.717) is 16.8 Å². The van der Waals surface area contributed by atoms with Gasteiger partial charge in [0, 0.05) is 37.6 Å². The van der Waals surface area contributed by atoms with Gasteiger partial charge in [-0.3, -0.25) is 4.79 Å². The van der Waals surface area contributed by atoms with Crippen molar-refractivity contribution in [1.82, 2.24) is 15.0 Å². The fourth-order valence-corrected chi connectivity index (χ4v) is 5.82. The van der Waals surface area contributed by atoms with Gasteiger partial charge in [0.2, 0.25) is 27.7 Å². The first kappa shape index (κ1) is 23.5. The topological polar surface area (TPSA) is 119 Å². The van der Waals surface area contributed by atoms with Gasteiger partial charge in [0.15, 0.2) is 0 Å². The highest BCUT2D eigenvalue weighted by Gasteiger charge is 2.52. The fourth-order valence-electron chi connectivity index (χ4n) is 4.00. The Hall–Kier alpha value is -3.66. The summed E-state index contributed by atoms with van der Waals surface area (Å²) < 4.78 is 40.2. The Balaban J connectivity index is 1.94. The van der Waals surface area contributed by atoms with Crippen molar-refractivity contribution in [2.75, 3.05) is 18.3 Å². The largest absolute Gasteiger partial charge is 0.445 e. The van der Waals surface area contributed by atoms with Gasteiger partial charge in [-0.1, -0.05) is 47.6 Å². The number of anilines is 1. The number of sulfonamides is 1. The van der Waals surface area contributed by atoms with Crippen LogP contribution in [-0.2, 0) is 14.8 Å². The zero-order valence-electron chi connectivity index (χ0n) is 19.3. The average Bonchev–Trinajstić information content (AvgIpc) is 3.46. The molecule has 2 unspecified atom stereocenters. The number of rotatable bonds is 7. The van der Waals surface area contributed by atoms with Gasteiger partial charge in [0.05, 0.1) is 11.9 Å². The van der Waals surface area contributed by atoms with Crippen LogP contribution in [0.25, 0.3) is 5.57 Å². The number of carbonyl (C=O) groups excluding carboxylic acids is 1. The second kappa shape index (κ2) is 8.94. The lowest BCUT2D eigenvalue weighted by Gasteiger charge is -2.41. The van der Waals surface area contributed by atoms with Gasteiger partial charge in [0.1, 0.15) is 11.0 Å². The van der Waals surface area contributed by atoms with Gasteiger partial charge >= 0.3 is 0 Å². The SMILES string of the molecule is CC(=O)N(C)CC1(S(=O)(=O)Nc2onc(C)c2C)C=C(c2ncco2)C=CC1c1ccccc1. The van der Waals surface area contributed by atoms with E-state index in [-0.39, 0.29) is 24.2 Å². The lowest BCUT2D eigenvalue weighted by atomic mass is 9.79. The highest BCUT2D eigenvalue weighted by Crippen LogP contribution is 2.44. The minimum atomic E-state index is -4.23. The van der Waals surface area contributed by atoms with Crippen molar-refractivity contribution >= 4 is 27.4 Å². The highest BCUT2D eigenvalue weighted by atomic mass is 32.2. The normalized spacial score (nSPS) is 20.1. The molecule has 0 spiro atoms. The van der Waals surface area contributed by atoms with Crippen LogP contribution in [0.3, 0.4) is 0 Å². The van der Waals surface area contributed by atoms with Crippen molar-refractivity contribution < 1.29 is 22.2 Å². The maximum atomic E-state index is 14.2. The average molecular weight is 483 g/mol. The van der Waals surface area contributed by atoms with Gasteiger partial charge in [-0.05, 0) is 25.5 Å². The molecule has 2 heterocycles. The Morgan fingerprint density at radius 3 is 2.56 bits per heavy atom. The van der Waals surface area contributed by atoms with Crippen molar-refractivity contribution in [2.45, 2.75) is 31.4 Å². The molecule has 0 saturated carbocycles. The van der Waals surface area contributed by atoms with Gasteiger partial charge < -0.3 is 13.8 Å². The number of carbonyl (C=O) groups is 1. The molecule has 178 valence electrons. The van der Waals surface area contributed by atoms with Crippen LogP contribution in [0.4, 0.5) is 5.88 Å². The fraction of sp³-hybridized carbons (Fsp3) is 0.292. The summed E-state index contributed by atoms with van der Waals surface area (Å²) in [6, 6.07) is 9.28. The second-order valence-corrected chi connectivity index (χ2v) is 10.3. The second-order valence-electron chi connectivity index (χ2n) is 8.34. The van der Waals surface area contributed by atoms with E-state index >= 15 is 0 Å². The van der Waals surface area contributed by atoms with E-state index in [1.165, 1.54) is 24.3 Å². The predicted octanol–water partition coefficient (Wildman–Crippen LogP) is 3.68. The molecule has 1 N–H and O–H groups in total. The number of nitrogens with one attached hydrogen (secondary N) is 1. The van der Waals surface area contributed by atoms with Crippen LogP contribution in [-0.4, -0.2) is 47.7 Å². The minimum absolute atomic E-state index is 0.0368. The number of allylic oxidation sites excluding steroid dienone is 3. The monoisotopic (exact) mass is 482 g/mol. The number of aryl methyl sites for hydroxylation is 1. The van der Waals surface area contributed by atoms with Crippen LogP contribution in [0, 0.1) is 13.8 Å². The van der Waals surface area contributed by atoms with Crippen LogP contribution < -0.4 is 4.72 Å². The molecule has 0 bridgehead atoms. The molecule has 0 saturated heterocycles. The zero-order valence-corrected chi connectivity index (χ0v) is 20.2. The summed E-state index contributed by atoms with van der Waals surface area (Å²) in [6.07, 6.45) is 8.11. The summed E-state index contributed by atoms with van der Waals surface area (Å²) in [6.45, 7) is 4.72. The zero-order chi connectivity index (χ0) is 24.5. The van der Waals surface area contributed by atoms with E-state index < -0.39 is 20.7 Å². The van der Waals surface area contributed by atoms with Crippen LogP contribution in [0.2, 0.25) is 0 Å². The van der Waals surface area contributed by atoms with Crippen LogP contribution in [0.15, 0.2) is 70.0 Å². The van der Waals surface area contributed by atoms with Crippen molar-refractivity contribution in [3.8, 4) is 0 Å². The van der Waals surface area contributed by atoms with E-state index in [1.807, 2.05) is 30.3 Å². The first-order valence-electron chi connectivity index (χ1n) is 10.7. The Morgan fingerprint density at radius 2 is 1.97 bits per heavy atom. The predicted molar refractivity (Wildman–Crippen MR) is 127 cm³/mol. The summed E-state index contributed by atoms with van der Waals surface area (Å²) >= 11 is 0. The first-order chi connectivity index (χ1) is 16.1. The lowest BCUT2D eigenvalue weighted by Crippen LogP contribution is -2.54. The number of oxazole rings is 1. The number of hydrogen-bond donors (Lipinski definition) is 1. The molecular formula is C24H26N4O5S. The van der Waals surface area contributed by atoms with Crippen molar-refractivity contribution in [3.63, 3.8) is 0 Å². The molecule has 4 rings (SSSR count). The summed E-state index contributed by atoms with van der Waals surface area (Å²) in [5.41, 5.74) is 2.42. The first-order valence-corrected chi connectivity index (χ1v) is 12.2. The third-order valence-corrected chi connectivity index (χ3v) is 8.09. The standard InChI is InChI=1S/C24H26N4O5S/c1-16-17(2)26-33-22(16)27-34(30,31)24(15-28(4)18(3)29)14-20(23-25-12-13-32-23)10-11-21(24)19-8-6-5-7-9-19/h5-14,21,27H,15H2,1-4H3. The molecule has 3 aromatic rings. The summed E-state index contributed by atoms with van der Waals surface area (Å²) in [5.74, 6) is -0.584. The van der Waals surface area contributed by atoms with Gasteiger partial charge in [-0.15, -0.1) is 0 Å². The van der Waals surface area contributed by atoms with E-state index in [0.717, 1.165) is 5.56 Å². The van der Waals surface area contributed by atoms with Crippen molar-refractivity contribution in [3.05, 3.63) is 83.7 Å². The van der Waals surface area contributed by atoms with Crippen LogP contribution >= 0.6 is 0 Å². The van der Waals surface area contributed by atoms with E-state index in [1.54, 1.807) is 39.1 Å². The molecule has 1 amide bonds. The Kier molecular flexibility index (Phi) is 6.18. The molecule has 1 aromatic carbocycles. The third kappa shape index (κ3) is 4.16. The molecule has 34 heavy (non-hydrogen) atoms. The molecule has 2 aromatic heterocycles. The van der Waals surface area contributed by atoms with E-state index in [9.17, 15) is 13.2 Å². The minimum Gasteiger partial charge on any atom is -0.445 e. The van der Waals surface area contributed by atoms with Gasteiger partial charge in [-0.25, -0.2) is 18.1 Å². The maximum Gasteiger partial charge on any atom is 0.247 e. The molecule has 0 aliphatic heterocycles. The maximum absolute atomic E-state index is 14.2. The van der Waals surface area contributed by atoms with E-state index in [4.69, 9.17) is 8.94 Å². The molecular weight excluding hydrogens is 456 g/mol. The molecule has 9 nitrogen and oxygen atoms in total. The number of nitrogens with zero attached hydrogens (tertiary/aromatic N) is 3. The quantitative estimate of drug-likeness (QED) is 0.546. The van der Waals surface area contributed by atoms with Crippen LogP contribution in [0.5, 0.6) is 0 Å². The number of hydrogen-bond acceptors (Lipinski definition) is 7. The molecule has 0 radical (unpaired) electrons. The van der Waals surface area contributed by atoms with Crippen LogP contribution in [0.1, 0.15) is 35.6 Å². The highest BCUT2D eigenvalue weighted by molar-refractivity contribution is 7.94. The number of benzene rings is 1. The summed E-state index contributed by atoms with van der Waals surface area (Å²) in [5, 5.41) is 3.87. The lowest BCUT2D eigenvalue weighted by molar-refractivity contribution is -0.127. The molecule has 1 aliphatic rings. The smallest absolute Gasteiger partial charge is 0.247 e. The molecule has 10 heteroatoms. The number of amides is 1. The molecule has 0 fully saturated rings. The van der Waals surface area contributed by atoms with Crippen molar-refractivity contribution in [1.29, 1.82) is 0 Å². The Bertz CT molecular complexity index is 1340. The molecule has 2 atom stereocenters.